The van der Waals surface area contributed by atoms with Crippen LogP contribution in [0.3, 0.4) is 0 Å². The van der Waals surface area contributed by atoms with Crippen LogP contribution in [-0.4, -0.2) is 15.9 Å². The summed E-state index contributed by atoms with van der Waals surface area (Å²) in [5, 5.41) is 0. The molecule has 0 heterocycles. The monoisotopic (exact) mass is 422 g/mol. The average Bonchev–Trinajstić information content (AvgIpc) is 2.79. The van der Waals surface area contributed by atoms with Crippen LogP contribution < -0.4 is 13.3 Å². The van der Waals surface area contributed by atoms with E-state index < -0.39 is 15.9 Å². The largest absolute Gasteiger partial charge is 0.537 e. The van der Waals surface area contributed by atoms with Crippen LogP contribution in [0.15, 0.2) is 91.0 Å². The van der Waals surface area contributed by atoms with Gasteiger partial charge in [0, 0.05) is 6.04 Å². The molecule has 0 aliphatic heterocycles. The molecular weight excluding hydrogens is 392 g/mol. The maximum Gasteiger partial charge on any atom is 0.479 e. The van der Waals surface area contributed by atoms with Gasteiger partial charge in [-0.2, -0.15) is 0 Å². The van der Waals surface area contributed by atoms with Gasteiger partial charge in [-0.05, 0) is 48.5 Å². The van der Waals surface area contributed by atoms with Crippen LogP contribution in [-0.2, 0) is 0 Å². The highest BCUT2D eigenvalue weighted by atomic mass is 29.3. The summed E-state index contributed by atoms with van der Waals surface area (Å²) >= 11 is 0. The Kier molecular flexibility index (Phi) is 7.17. The quantitative estimate of drug-likeness (QED) is 0.338. The highest BCUT2D eigenvalue weighted by Gasteiger charge is 2.64. The van der Waals surface area contributed by atoms with E-state index in [1.165, 1.54) is 0 Å². The van der Waals surface area contributed by atoms with Crippen molar-refractivity contribution in [1.29, 1.82) is 0 Å². The molecule has 3 aromatic rings. The maximum absolute atomic E-state index is 6.85. The molecule has 152 valence electrons. The van der Waals surface area contributed by atoms with Crippen LogP contribution in [0.5, 0.6) is 17.2 Å². The zero-order valence-corrected chi connectivity index (χ0v) is 19.5. The first-order chi connectivity index (χ1) is 14.2. The minimum Gasteiger partial charge on any atom is -0.537 e. The first kappa shape index (κ1) is 21.2. The zero-order chi connectivity index (χ0) is 20.6. The molecule has 0 aliphatic carbocycles. The van der Waals surface area contributed by atoms with E-state index in [-0.39, 0.29) is 0 Å². The van der Waals surface area contributed by atoms with Gasteiger partial charge in [0.15, 0.2) is 0 Å². The van der Waals surface area contributed by atoms with Gasteiger partial charge in [0.2, 0.25) is 0 Å². The summed E-state index contributed by atoms with van der Waals surface area (Å²) < 4.78 is 20.5. The lowest BCUT2D eigenvalue weighted by Gasteiger charge is -2.43. The van der Waals surface area contributed by atoms with E-state index in [0.29, 0.717) is 0 Å². The molecule has 0 saturated carbocycles. The van der Waals surface area contributed by atoms with Gasteiger partial charge in [0.25, 0.3) is 0 Å². The molecule has 0 spiro atoms. The molecule has 0 saturated heterocycles. The molecule has 3 nitrogen and oxygen atoms in total. The minimum absolute atomic E-state index is 0.817. The minimum atomic E-state index is -2.80. The van der Waals surface area contributed by atoms with Crippen LogP contribution in [0.1, 0.15) is 20.8 Å². The first-order valence-electron chi connectivity index (χ1n) is 10.4. The number of hydrogen-bond acceptors (Lipinski definition) is 3. The molecule has 0 radical (unpaired) electrons. The summed E-state index contributed by atoms with van der Waals surface area (Å²) in [4.78, 5) is 0. The number of para-hydroxylation sites is 3. The molecule has 29 heavy (non-hydrogen) atoms. The van der Waals surface area contributed by atoms with Gasteiger partial charge in [-0.1, -0.05) is 75.4 Å². The van der Waals surface area contributed by atoms with E-state index in [9.17, 15) is 0 Å². The topological polar surface area (TPSA) is 27.7 Å². The van der Waals surface area contributed by atoms with Crippen LogP contribution in [0, 0.1) is 0 Å². The van der Waals surface area contributed by atoms with E-state index in [0.717, 1.165) is 35.4 Å². The summed E-state index contributed by atoms with van der Waals surface area (Å²) in [6, 6.07) is 32.9. The van der Waals surface area contributed by atoms with Crippen molar-refractivity contribution in [3.63, 3.8) is 0 Å². The van der Waals surface area contributed by atoms with Crippen molar-refractivity contribution in [2.75, 3.05) is 0 Å². The predicted molar refractivity (Wildman–Crippen MR) is 124 cm³/mol. The third kappa shape index (κ3) is 4.74. The van der Waals surface area contributed by atoms with Gasteiger partial charge in [-0.15, -0.1) is 0 Å². The fourth-order valence-corrected chi connectivity index (χ4v) is 16.6. The maximum atomic E-state index is 6.85. The third-order valence-electron chi connectivity index (χ3n) is 5.41. The van der Waals surface area contributed by atoms with E-state index in [4.69, 9.17) is 13.3 Å². The molecule has 0 unspecified atom stereocenters. The summed E-state index contributed by atoms with van der Waals surface area (Å²) in [5.41, 5.74) is 0. The highest BCUT2D eigenvalue weighted by Crippen LogP contribution is 2.36. The Balaban J connectivity index is 2.08. The van der Waals surface area contributed by atoms with Crippen molar-refractivity contribution in [3.8, 4) is 17.2 Å². The van der Waals surface area contributed by atoms with E-state index in [1.807, 2.05) is 91.0 Å². The highest BCUT2D eigenvalue weighted by molar-refractivity contribution is 7.35. The van der Waals surface area contributed by atoms with Gasteiger partial charge in [-0.25, -0.2) is 0 Å². The summed E-state index contributed by atoms with van der Waals surface area (Å²) in [5.74, 6) is 2.61. The van der Waals surface area contributed by atoms with Crippen molar-refractivity contribution in [2.24, 2.45) is 0 Å². The van der Waals surface area contributed by atoms with Crippen LogP contribution >= 0.6 is 0 Å². The van der Waals surface area contributed by atoms with Gasteiger partial charge in [0.1, 0.15) is 17.2 Å². The normalized spacial score (nSPS) is 11.7. The molecule has 0 aromatic heterocycles. The third-order valence-corrected chi connectivity index (χ3v) is 20.0. The molecule has 0 bridgehead atoms. The molecule has 0 fully saturated rings. The van der Waals surface area contributed by atoms with Crippen molar-refractivity contribution >= 4 is 15.9 Å². The van der Waals surface area contributed by atoms with Crippen molar-refractivity contribution in [3.05, 3.63) is 91.0 Å². The Morgan fingerprint density at radius 3 is 1.14 bits per heavy atom. The van der Waals surface area contributed by atoms with Crippen LogP contribution in [0.4, 0.5) is 0 Å². The second-order valence-electron chi connectivity index (χ2n) is 7.05. The molecule has 3 rings (SSSR count). The SMILES string of the molecule is CC[Si](CC)(Oc1ccccc1)[Si](CC)(Oc1ccccc1)Oc1ccccc1. The van der Waals surface area contributed by atoms with Crippen molar-refractivity contribution in [1.82, 2.24) is 0 Å². The number of rotatable bonds is 10. The Labute approximate surface area is 176 Å². The molecule has 3 aromatic carbocycles. The van der Waals surface area contributed by atoms with Crippen LogP contribution in [0.2, 0.25) is 18.1 Å². The fraction of sp³-hybridized carbons (Fsp3) is 0.250. The second-order valence-corrected chi connectivity index (χ2v) is 18.3. The van der Waals surface area contributed by atoms with Crippen LogP contribution in [0.25, 0.3) is 0 Å². The lowest BCUT2D eigenvalue weighted by molar-refractivity contribution is 0.387. The van der Waals surface area contributed by atoms with E-state index in [1.54, 1.807) is 0 Å². The van der Waals surface area contributed by atoms with Crippen molar-refractivity contribution < 1.29 is 13.3 Å². The standard InChI is InChI=1S/C24H30O3Si2/c1-4-28(5-2,25-22-16-10-7-11-17-22)29(6-3,26-23-18-12-8-13-19-23)27-24-20-14-9-15-21-24/h7-21H,4-6H2,1-3H3. The van der Waals surface area contributed by atoms with E-state index >= 15 is 0 Å². The Morgan fingerprint density at radius 1 is 0.483 bits per heavy atom. The number of hydrogen-bond donors (Lipinski definition) is 0. The Morgan fingerprint density at radius 2 is 0.828 bits per heavy atom. The Bertz CT molecular complexity index is 812. The van der Waals surface area contributed by atoms with Gasteiger partial charge < -0.3 is 13.3 Å². The smallest absolute Gasteiger partial charge is 0.479 e. The summed E-state index contributed by atoms with van der Waals surface area (Å²) in [7, 11) is -5.23. The fourth-order valence-electron chi connectivity index (χ4n) is 3.76. The lowest BCUT2D eigenvalue weighted by atomic mass is 10.3. The predicted octanol–water partition coefficient (Wildman–Crippen LogP) is 6.75. The molecule has 0 atom stereocenters. The van der Waals surface area contributed by atoms with Gasteiger partial charge in [-0.3, -0.25) is 0 Å². The second kappa shape index (κ2) is 9.81. The van der Waals surface area contributed by atoms with Gasteiger partial charge >= 0.3 is 15.9 Å². The lowest BCUT2D eigenvalue weighted by Crippen LogP contribution is -2.73. The average molecular weight is 423 g/mol. The summed E-state index contributed by atoms with van der Waals surface area (Å²) in [6.07, 6.45) is 0. The molecule has 0 aliphatic rings. The van der Waals surface area contributed by atoms with Gasteiger partial charge in [0.05, 0.1) is 0 Å². The van der Waals surface area contributed by atoms with Crippen molar-refractivity contribution in [2.45, 2.75) is 38.9 Å². The molecule has 5 heteroatoms. The van der Waals surface area contributed by atoms with E-state index in [2.05, 4.69) is 20.8 Å². The molecule has 0 N–H and O–H groups in total. The Hall–Kier alpha value is -2.51. The summed E-state index contributed by atoms with van der Waals surface area (Å²) in [6.45, 7) is 6.62. The number of benzene rings is 3. The zero-order valence-electron chi connectivity index (χ0n) is 17.5. The first-order valence-corrected chi connectivity index (χ1v) is 15.7. The molecular formula is C24H30O3Si2. The molecule has 0 amide bonds.